The van der Waals surface area contributed by atoms with Gasteiger partial charge in [0.15, 0.2) is 0 Å². The number of alkyl halides is 3. The molecule has 0 bridgehead atoms. The molecule has 9 heteroatoms. The highest BCUT2D eigenvalue weighted by Crippen LogP contribution is 2.29. The summed E-state index contributed by atoms with van der Waals surface area (Å²) in [5, 5.41) is 2.89. The molecule has 3 rings (SSSR count). The van der Waals surface area contributed by atoms with E-state index >= 15 is 0 Å². The van der Waals surface area contributed by atoms with Gasteiger partial charge in [0.1, 0.15) is 0 Å². The maximum absolute atomic E-state index is 12.8. The number of nitrogens with one attached hydrogen (secondary N) is 1. The third kappa shape index (κ3) is 7.80. The Hall–Kier alpha value is -2.91. The molecule has 2 amide bonds. The van der Waals surface area contributed by atoms with Gasteiger partial charge in [-0.3, -0.25) is 19.4 Å². The highest BCUT2D eigenvalue weighted by molar-refractivity contribution is 5.97. The Kier molecular flexibility index (Phi) is 9.28. The molecule has 1 heterocycles. The number of carbonyl (C=O) groups is 2. The topological polar surface area (TPSA) is 55.9 Å². The lowest BCUT2D eigenvalue weighted by Crippen LogP contribution is -2.36. The first-order valence-electron chi connectivity index (χ1n) is 12.0. The van der Waals surface area contributed by atoms with E-state index in [9.17, 15) is 22.8 Å². The van der Waals surface area contributed by atoms with Crippen molar-refractivity contribution in [1.82, 2.24) is 14.7 Å². The Morgan fingerprint density at radius 3 is 2.26 bits per heavy atom. The van der Waals surface area contributed by atoms with Crippen molar-refractivity contribution < 1.29 is 22.8 Å². The first-order chi connectivity index (χ1) is 16.7. The Morgan fingerprint density at radius 1 is 0.943 bits per heavy atom. The van der Waals surface area contributed by atoms with Crippen LogP contribution in [0.4, 0.5) is 18.9 Å². The van der Waals surface area contributed by atoms with Gasteiger partial charge >= 0.3 is 6.18 Å². The number of hydrogen-bond acceptors (Lipinski definition) is 4. The van der Waals surface area contributed by atoms with E-state index in [0.29, 0.717) is 37.4 Å². The van der Waals surface area contributed by atoms with Crippen molar-refractivity contribution in [2.45, 2.75) is 33.0 Å². The average molecular weight is 491 g/mol. The lowest BCUT2D eigenvalue weighted by atomic mass is 10.1. The minimum absolute atomic E-state index is 0.0632. The van der Waals surface area contributed by atoms with Gasteiger partial charge in [-0.05, 0) is 69.3 Å². The summed E-state index contributed by atoms with van der Waals surface area (Å²) in [6.45, 7) is 8.90. The van der Waals surface area contributed by atoms with Crippen molar-refractivity contribution in [3.8, 4) is 0 Å². The molecule has 2 aromatic rings. The molecule has 1 saturated heterocycles. The van der Waals surface area contributed by atoms with Gasteiger partial charge in [0, 0.05) is 44.0 Å². The quantitative estimate of drug-likeness (QED) is 0.599. The van der Waals surface area contributed by atoms with Crippen LogP contribution in [0.2, 0.25) is 0 Å². The normalized spacial score (nSPS) is 15.5. The molecule has 1 aliphatic rings. The number of amides is 2. The molecule has 0 aliphatic carbocycles. The third-order valence-corrected chi connectivity index (χ3v) is 6.18. The molecule has 0 saturated carbocycles. The highest BCUT2D eigenvalue weighted by atomic mass is 19.4. The SMILES string of the molecule is CCN(CC)C(=O)c1cccc(NC(=O)CN2CCCN(Cc3ccc(C(F)(F)F)cc3)CC2)c1. The predicted molar refractivity (Wildman–Crippen MR) is 130 cm³/mol. The number of hydrogen-bond donors (Lipinski definition) is 1. The minimum atomic E-state index is -4.33. The van der Waals surface area contributed by atoms with E-state index in [1.807, 2.05) is 13.8 Å². The summed E-state index contributed by atoms with van der Waals surface area (Å²) < 4.78 is 38.3. The first-order valence-corrected chi connectivity index (χ1v) is 12.0. The van der Waals surface area contributed by atoms with Gasteiger partial charge < -0.3 is 10.2 Å². The summed E-state index contributed by atoms with van der Waals surface area (Å²) in [4.78, 5) is 31.2. The van der Waals surface area contributed by atoms with Crippen LogP contribution in [0, 0.1) is 0 Å². The predicted octanol–water partition coefficient (Wildman–Crippen LogP) is 4.33. The van der Waals surface area contributed by atoms with Crippen LogP contribution in [0.15, 0.2) is 48.5 Å². The van der Waals surface area contributed by atoms with Crippen molar-refractivity contribution >= 4 is 17.5 Å². The van der Waals surface area contributed by atoms with E-state index in [-0.39, 0.29) is 18.4 Å². The van der Waals surface area contributed by atoms with Crippen LogP contribution in [0.5, 0.6) is 0 Å². The molecule has 1 aliphatic heterocycles. The lowest BCUT2D eigenvalue weighted by molar-refractivity contribution is -0.137. The smallest absolute Gasteiger partial charge is 0.339 e. The highest BCUT2D eigenvalue weighted by Gasteiger charge is 2.30. The van der Waals surface area contributed by atoms with Crippen LogP contribution in [-0.4, -0.2) is 72.3 Å². The molecule has 0 radical (unpaired) electrons. The zero-order chi connectivity index (χ0) is 25.4. The van der Waals surface area contributed by atoms with Gasteiger partial charge in [-0.2, -0.15) is 13.2 Å². The van der Waals surface area contributed by atoms with Gasteiger partial charge in [-0.15, -0.1) is 0 Å². The van der Waals surface area contributed by atoms with Gasteiger partial charge in [0.2, 0.25) is 5.91 Å². The molecule has 190 valence electrons. The van der Waals surface area contributed by atoms with E-state index in [4.69, 9.17) is 0 Å². The van der Waals surface area contributed by atoms with Crippen LogP contribution in [0.25, 0.3) is 0 Å². The maximum atomic E-state index is 12.8. The fourth-order valence-electron chi connectivity index (χ4n) is 4.22. The number of carbonyl (C=O) groups excluding carboxylic acids is 2. The molecule has 0 spiro atoms. The van der Waals surface area contributed by atoms with Crippen molar-refractivity contribution in [3.63, 3.8) is 0 Å². The largest absolute Gasteiger partial charge is 0.416 e. The summed E-state index contributed by atoms with van der Waals surface area (Å²) in [5.41, 5.74) is 1.33. The van der Waals surface area contributed by atoms with Gasteiger partial charge in [-0.25, -0.2) is 0 Å². The average Bonchev–Trinajstić information content (AvgIpc) is 3.04. The summed E-state index contributed by atoms with van der Waals surface area (Å²) >= 11 is 0. The summed E-state index contributed by atoms with van der Waals surface area (Å²) in [7, 11) is 0. The Morgan fingerprint density at radius 2 is 1.60 bits per heavy atom. The molecular weight excluding hydrogens is 457 g/mol. The molecular formula is C26H33F3N4O2. The summed E-state index contributed by atoms with van der Waals surface area (Å²) in [5.74, 6) is -0.208. The van der Waals surface area contributed by atoms with E-state index in [0.717, 1.165) is 43.8 Å². The van der Waals surface area contributed by atoms with E-state index in [1.54, 1.807) is 29.2 Å². The van der Waals surface area contributed by atoms with Crippen LogP contribution >= 0.6 is 0 Å². The Balaban J connectivity index is 1.50. The van der Waals surface area contributed by atoms with Gasteiger partial charge in [-0.1, -0.05) is 18.2 Å². The molecule has 6 nitrogen and oxygen atoms in total. The lowest BCUT2D eigenvalue weighted by Gasteiger charge is -2.22. The summed E-state index contributed by atoms with van der Waals surface area (Å²) in [6.07, 6.45) is -3.47. The third-order valence-electron chi connectivity index (χ3n) is 6.18. The van der Waals surface area contributed by atoms with E-state index in [2.05, 4.69) is 15.1 Å². The molecule has 2 aromatic carbocycles. The number of halogens is 3. The van der Waals surface area contributed by atoms with Gasteiger partial charge in [0.25, 0.3) is 5.91 Å². The van der Waals surface area contributed by atoms with Crippen LogP contribution in [0.1, 0.15) is 41.8 Å². The fourth-order valence-corrected chi connectivity index (χ4v) is 4.22. The van der Waals surface area contributed by atoms with E-state index < -0.39 is 11.7 Å². The first kappa shape index (κ1) is 26.7. The van der Waals surface area contributed by atoms with Gasteiger partial charge in [0.05, 0.1) is 12.1 Å². The molecule has 0 atom stereocenters. The number of nitrogens with zero attached hydrogens (tertiary/aromatic N) is 3. The fraction of sp³-hybridized carbons (Fsp3) is 0.462. The second-order valence-corrected chi connectivity index (χ2v) is 8.71. The standard InChI is InChI=1S/C26H33F3N4O2/c1-3-33(4-2)25(35)21-7-5-8-23(17-21)30-24(34)19-32-14-6-13-31(15-16-32)18-20-9-11-22(12-10-20)26(27,28)29/h5,7-12,17H,3-4,6,13-16,18-19H2,1-2H3,(H,30,34). The monoisotopic (exact) mass is 490 g/mol. The zero-order valence-corrected chi connectivity index (χ0v) is 20.3. The maximum Gasteiger partial charge on any atom is 0.416 e. The molecule has 0 aromatic heterocycles. The Bertz CT molecular complexity index is 991. The van der Waals surface area contributed by atoms with Crippen LogP contribution < -0.4 is 5.32 Å². The molecule has 1 N–H and O–H groups in total. The molecule has 1 fully saturated rings. The number of benzene rings is 2. The van der Waals surface area contributed by atoms with E-state index in [1.165, 1.54) is 12.1 Å². The molecule has 35 heavy (non-hydrogen) atoms. The second-order valence-electron chi connectivity index (χ2n) is 8.71. The summed E-state index contributed by atoms with van der Waals surface area (Å²) in [6, 6.07) is 12.3. The molecule has 0 unspecified atom stereocenters. The van der Waals surface area contributed by atoms with Crippen molar-refractivity contribution in [2.75, 3.05) is 51.1 Å². The number of rotatable bonds is 8. The van der Waals surface area contributed by atoms with Crippen LogP contribution in [0.3, 0.4) is 0 Å². The van der Waals surface area contributed by atoms with Crippen LogP contribution in [-0.2, 0) is 17.5 Å². The minimum Gasteiger partial charge on any atom is -0.339 e. The van der Waals surface area contributed by atoms with Crippen molar-refractivity contribution in [1.29, 1.82) is 0 Å². The zero-order valence-electron chi connectivity index (χ0n) is 20.3. The number of anilines is 1. The Labute approximate surface area is 204 Å². The van der Waals surface area contributed by atoms with Crippen molar-refractivity contribution in [3.05, 3.63) is 65.2 Å². The second kappa shape index (κ2) is 12.2. The van der Waals surface area contributed by atoms with Crippen molar-refractivity contribution in [2.24, 2.45) is 0 Å².